The highest BCUT2D eigenvalue weighted by Gasteiger charge is 2.19. The highest BCUT2D eigenvalue weighted by atomic mass is 32.2. The standard InChI is InChI=1S/C16H25N3O3S2/c1-5-19(6-2)9-7-8-17-24(20,21)15-10-14(11-23-15)16-12(3)13(4)18-22-16/h10-11,17H,5-9H2,1-4H3. The first-order valence-electron chi connectivity index (χ1n) is 8.12. The van der Waals surface area contributed by atoms with E-state index in [1.54, 1.807) is 11.4 Å². The molecule has 0 bridgehead atoms. The van der Waals surface area contributed by atoms with Gasteiger partial charge in [-0.2, -0.15) is 0 Å². The van der Waals surface area contributed by atoms with Gasteiger partial charge in [0.2, 0.25) is 10.0 Å². The Morgan fingerprint density at radius 1 is 1.29 bits per heavy atom. The number of rotatable bonds is 9. The van der Waals surface area contributed by atoms with E-state index in [0.29, 0.717) is 16.5 Å². The molecule has 0 aromatic carbocycles. The number of aromatic nitrogens is 1. The Balaban J connectivity index is 1.99. The van der Waals surface area contributed by atoms with Gasteiger partial charge >= 0.3 is 0 Å². The summed E-state index contributed by atoms with van der Waals surface area (Å²) in [6, 6.07) is 1.64. The van der Waals surface area contributed by atoms with Crippen molar-refractivity contribution in [3.05, 3.63) is 22.7 Å². The lowest BCUT2D eigenvalue weighted by molar-refractivity contribution is 0.300. The van der Waals surface area contributed by atoms with Gasteiger partial charge in [-0.05, 0) is 46.0 Å². The maximum atomic E-state index is 12.4. The number of aryl methyl sites for hydroxylation is 1. The van der Waals surface area contributed by atoms with Crippen LogP contribution >= 0.6 is 11.3 Å². The number of thiophene rings is 1. The molecule has 0 aliphatic carbocycles. The first kappa shape index (κ1) is 19.1. The predicted octanol–water partition coefficient (Wildman–Crippen LogP) is 3.03. The van der Waals surface area contributed by atoms with Crippen molar-refractivity contribution in [2.24, 2.45) is 0 Å². The van der Waals surface area contributed by atoms with Gasteiger partial charge in [-0.15, -0.1) is 11.3 Å². The van der Waals surface area contributed by atoms with Crippen molar-refractivity contribution >= 4 is 21.4 Å². The summed E-state index contributed by atoms with van der Waals surface area (Å²) in [4.78, 5) is 2.27. The van der Waals surface area contributed by atoms with Gasteiger partial charge in [0.25, 0.3) is 0 Å². The summed E-state index contributed by atoms with van der Waals surface area (Å²) in [7, 11) is -3.48. The van der Waals surface area contributed by atoms with Gasteiger partial charge in [0, 0.05) is 23.1 Å². The summed E-state index contributed by atoms with van der Waals surface area (Å²) in [6.07, 6.45) is 0.791. The lowest BCUT2D eigenvalue weighted by Crippen LogP contribution is -2.29. The molecule has 0 atom stereocenters. The zero-order valence-corrected chi connectivity index (χ0v) is 16.3. The average Bonchev–Trinajstić information content (AvgIpc) is 3.16. The minimum absolute atomic E-state index is 0.300. The van der Waals surface area contributed by atoms with Crippen LogP contribution in [0.1, 0.15) is 31.5 Å². The van der Waals surface area contributed by atoms with Crippen LogP contribution in [0, 0.1) is 13.8 Å². The van der Waals surface area contributed by atoms with E-state index in [2.05, 4.69) is 28.6 Å². The van der Waals surface area contributed by atoms with Crippen molar-refractivity contribution in [2.45, 2.75) is 38.3 Å². The van der Waals surface area contributed by atoms with Crippen LogP contribution in [-0.2, 0) is 10.0 Å². The number of hydrogen-bond donors (Lipinski definition) is 1. The third-order valence-corrected chi connectivity index (χ3v) is 7.00. The van der Waals surface area contributed by atoms with E-state index < -0.39 is 10.0 Å². The maximum absolute atomic E-state index is 12.4. The first-order valence-corrected chi connectivity index (χ1v) is 10.5. The number of sulfonamides is 1. The van der Waals surface area contributed by atoms with Gasteiger partial charge in [0.05, 0.1) is 5.69 Å². The van der Waals surface area contributed by atoms with Crippen molar-refractivity contribution in [1.29, 1.82) is 0 Å². The molecule has 1 N–H and O–H groups in total. The first-order chi connectivity index (χ1) is 11.4. The Kier molecular flexibility index (Phi) is 6.56. The van der Waals surface area contributed by atoms with Gasteiger partial charge in [0.15, 0.2) is 5.76 Å². The van der Waals surface area contributed by atoms with Gasteiger partial charge < -0.3 is 9.42 Å². The van der Waals surface area contributed by atoms with Crippen molar-refractivity contribution in [3.63, 3.8) is 0 Å². The molecule has 0 spiro atoms. The highest BCUT2D eigenvalue weighted by Crippen LogP contribution is 2.31. The molecule has 2 heterocycles. The van der Waals surface area contributed by atoms with Crippen molar-refractivity contribution in [2.75, 3.05) is 26.2 Å². The second-order valence-corrected chi connectivity index (χ2v) is 8.56. The van der Waals surface area contributed by atoms with Crippen molar-refractivity contribution in [3.8, 4) is 11.3 Å². The molecule has 0 aliphatic heterocycles. The van der Waals surface area contributed by atoms with Gasteiger partial charge in [-0.1, -0.05) is 19.0 Å². The maximum Gasteiger partial charge on any atom is 0.250 e. The third kappa shape index (κ3) is 4.44. The van der Waals surface area contributed by atoms with E-state index in [-0.39, 0.29) is 0 Å². The van der Waals surface area contributed by atoms with Crippen LogP contribution in [0.5, 0.6) is 0 Å². The minimum atomic E-state index is -3.48. The molecule has 0 aliphatic rings. The van der Waals surface area contributed by atoms with E-state index in [1.807, 2.05) is 13.8 Å². The minimum Gasteiger partial charge on any atom is -0.356 e. The number of nitrogens with one attached hydrogen (secondary N) is 1. The average molecular weight is 372 g/mol. The lowest BCUT2D eigenvalue weighted by Gasteiger charge is -2.17. The van der Waals surface area contributed by atoms with Crippen LogP contribution in [0.2, 0.25) is 0 Å². The van der Waals surface area contributed by atoms with E-state index in [0.717, 1.165) is 42.9 Å². The second-order valence-electron chi connectivity index (χ2n) is 5.65. The van der Waals surface area contributed by atoms with Crippen LogP contribution in [0.25, 0.3) is 11.3 Å². The Morgan fingerprint density at radius 2 is 2.00 bits per heavy atom. The van der Waals surface area contributed by atoms with Crippen LogP contribution in [0.15, 0.2) is 20.2 Å². The monoisotopic (exact) mass is 371 g/mol. The third-order valence-electron chi connectivity index (χ3n) is 4.10. The van der Waals surface area contributed by atoms with E-state index in [1.165, 1.54) is 11.3 Å². The summed E-state index contributed by atoms with van der Waals surface area (Å²) < 4.78 is 33.0. The molecular weight excluding hydrogens is 346 g/mol. The summed E-state index contributed by atoms with van der Waals surface area (Å²) >= 11 is 1.19. The van der Waals surface area contributed by atoms with Gasteiger partial charge in [-0.25, -0.2) is 13.1 Å². The Hall–Kier alpha value is -1.22. The molecular formula is C16H25N3O3S2. The normalized spacial score (nSPS) is 12.2. The van der Waals surface area contributed by atoms with Crippen molar-refractivity contribution < 1.29 is 12.9 Å². The molecule has 0 radical (unpaired) electrons. The van der Waals surface area contributed by atoms with Gasteiger partial charge in [-0.3, -0.25) is 0 Å². The number of nitrogens with zero attached hydrogens (tertiary/aromatic N) is 2. The van der Waals surface area contributed by atoms with Crippen LogP contribution in [0.3, 0.4) is 0 Å². The van der Waals surface area contributed by atoms with E-state index in [4.69, 9.17) is 4.52 Å². The SMILES string of the molecule is CCN(CC)CCCNS(=O)(=O)c1cc(-c2onc(C)c2C)cs1. The molecule has 0 saturated heterocycles. The van der Waals surface area contributed by atoms with Crippen molar-refractivity contribution in [1.82, 2.24) is 14.8 Å². The molecule has 0 unspecified atom stereocenters. The topological polar surface area (TPSA) is 75.4 Å². The molecule has 0 fully saturated rings. The summed E-state index contributed by atoms with van der Waals surface area (Å²) in [5.74, 6) is 0.631. The fraction of sp³-hybridized carbons (Fsp3) is 0.562. The molecule has 2 aromatic rings. The lowest BCUT2D eigenvalue weighted by atomic mass is 10.1. The second kappa shape index (κ2) is 8.24. The van der Waals surface area contributed by atoms with E-state index in [9.17, 15) is 8.42 Å². The highest BCUT2D eigenvalue weighted by molar-refractivity contribution is 7.91. The number of hydrogen-bond acceptors (Lipinski definition) is 6. The smallest absolute Gasteiger partial charge is 0.250 e. The molecule has 2 aromatic heterocycles. The predicted molar refractivity (Wildman–Crippen MR) is 96.9 cm³/mol. The molecule has 8 heteroatoms. The molecule has 2 rings (SSSR count). The van der Waals surface area contributed by atoms with Crippen LogP contribution in [-0.4, -0.2) is 44.7 Å². The van der Waals surface area contributed by atoms with Crippen LogP contribution < -0.4 is 4.72 Å². The molecule has 0 saturated carbocycles. The van der Waals surface area contributed by atoms with E-state index >= 15 is 0 Å². The molecule has 24 heavy (non-hydrogen) atoms. The zero-order chi connectivity index (χ0) is 17.7. The quantitative estimate of drug-likeness (QED) is 0.686. The Labute approximate surface area is 147 Å². The Bertz CT molecular complexity index is 761. The zero-order valence-electron chi connectivity index (χ0n) is 14.6. The summed E-state index contributed by atoms with van der Waals surface area (Å²) in [5, 5.41) is 5.71. The van der Waals surface area contributed by atoms with Gasteiger partial charge in [0.1, 0.15) is 4.21 Å². The summed E-state index contributed by atoms with van der Waals surface area (Å²) in [5.41, 5.74) is 2.50. The Morgan fingerprint density at radius 3 is 2.58 bits per heavy atom. The summed E-state index contributed by atoms with van der Waals surface area (Å²) in [6.45, 7) is 11.3. The molecule has 134 valence electrons. The largest absolute Gasteiger partial charge is 0.356 e. The molecule has 0 amide bonds. The fourth-order valence-electron chi connectivity index (χ4n) is 2.38. The fourth-order valence-corrected chi connectivity index (χ4v) is 4.66. The molecule has 6 nitrogen and oxygen atoms in total. The van der Waals surface area contributed by atoms with Crippen LogP contribution in [0.4, 0.5) is 0 Å².